The third kappa shape index (κ3) is 5.12. The van der Waals surface area contributed by atoms with E-state index in [9.17, 15) is 14.8 Å². The van der Waals surface area contributed by atoms with Gasteiger partial charge in [-0.3, -0.25) is 10.0 Å². The molecular weight excluding hydrogens is 354 g/mol. The molecule has 2 rings (SSSR count). The topological polar surface area (TPSA) is 97.1 Å². The highest BCUT2D eigenvalue weighted by atomic mass is 16.9. The molecule has 0 amide bonds. The Hall–Kier alpha value is -1.83. The van der Waals surface area contributed by atoms with Crippen LogP contribution < -0.4 is 0 Å². The lowest BCUT2D eigenvalue weighted by molar-refractivity contribution is -0.734. The van der Waals surface area contributed by atoms with Gasteiger partial charge in [0.2, 0.25) is 6.29 Å². The fourth-order valence-electron chi connectivity index (χ4n) is 3.99. The van der Waals surface area contributed by atoms with Crippen LogP contribution in [0.1, 0.15) is 53.4 Å². The molecule has 1 aliphatic heterocycles. The summed E-state index contributed by atoms with van der Waals surface area (Å²) < 4.78 is 16.5. The van der Waals surface area contributed by atoms with Gasteiger partial charge < -0.3 is 19.0 Å². The van der Waals surface area contributed by atoms with Gasteiger partial charge >= 0.3 is 17.7 Å². The Balaban J connectivity index is 2.25. The third-order valence-electron chi connectivity index (χ3n) is 5.43. The van der Waals surface area contributed by atoms with E-state index in [1.165, 1.54) is 0 Å². The van der Waals surface area contributed by atoms with Crippen LogP contribution in [0.25, 0.3) is 0 Å². The van der Waals surface area contributed by atoms with E-state index in [0.29, 0.717) is 17.8 Å². The van der Waals surface area contributed by atoms with Gasteiger partial charge in [0, 0.05) is 12.0 Å². The first-order valence-corrected chi connectivity index (χ1v) is 9.68. The van der Waals surface area contributed by atoms with Gasteiger partial charge in [0.25, 0.3) is 0 Å². The lowest BCUT2D eigenvalue weighted by atomic mass is 9.75. The summed E-state index contributed by atoms with van der Waals surface area (Å²) in [7, 11) is 1.15. The highest BCUT2D eigenvalue weighted by molar-refractivity contribution is 6.35. The molecule has 0 aromatic heterocycles. The molecule has 2 aliphatic rings. The average molecular weight is 385 g/mol. The van der Waals surface area contributed by atoms with Gasteiger partial charge in [-0.15, -0.1) is 0 Å². The van der Waals surface area contributed by atoms with E-state index in [1.54, 1.807) is 6.92 Å². The summed E-state index contributed by atoms with van der Waals surface area (Å²) >= 11 is 0. The molecule has 27 heavy (non-hydrogen) atoms. The van der Waals surface area contributed by atoms with E-state index in [1.807, 2.05) is 0 Å². The Bertz CT molecular complexity index is 574. The van der Waals surface area contributed by atoms with E-state index < -0.39 is 24.1 Å². The summed E-state index contributed by atoms with van der Waals surface area (Å²) in [5, 5.41) is 12.1. The quantitative estimate of drug-likeness (QED) is 0.287. The molecule has 1 saturated heterocycles. The Morgan fingerprint density at radius 1 is 1.37 bits per heavy atom. The van der Waals surface area contributed by atoms with Gasteiger partial charge in [-0.1, -0.05) is 27.2 Å². The fraction of sp³-hybridized carbons (Fsp3) is 0.842. The van der Waals surface area contributed by atoms with Gasteiger partial charge in [0.05, 0.1) is 19.1 Å². The monoisotopic (exact) mass is 385 g/mol. The van der Waals surface area contributed by atoms with Gasteiger partial charge in [-0.05, 0) is 37.5 Å². The second-order valence-corrected chi connectivity index (χ2v) is 7.71. The maximum Gasteiger partial charge on any atom is 0.405 e. The molecule has 5 atom stereocenters. The summed E-state index contributed by atoms with van der Waals surface area (Å²) in [6, 6.07) is 0. The number of esters is 2. The largest absolute Gasteiger partial charge is 0.458 e. The van der Waals surface area contributed by atoms with Crippen LogP contribution in [-0.4, -0.2) is 48.7 Å². The number of rotatable bonds is 7. The highest BCUT2D eigenvalue weighted by Gasteiger charge is 2.50. The van der Waals surface area contributed by atoms with Crippen molar-refractivity contribution < 1.29 is 33.5 Å². The molecule has 154 valence electrons. The Labute approximate surface area is 160 Å². The van der Waals surface area contributed by atoms with Crippen LogP contribution in [0.5, 0.6) is 0 Å². The average Bonchev–Trinajstić information content (AvgIpc) is 2.94. The van der Waals surface area contributed by atoms with Crippen LogP contribution >= 0.6 is 0 Å². The number of nitrogens with zero attached hydrogens (tertiary/aromatic N) is 1. The molecule has 2 fully saturated rings. The molecule has 0 bridgehead atoms. The van der Waals surface area contributed by atoms with Gasteiger partial charge in [0.15, 0.2) is 0 Å². The summed E-state index contributed by atoms with van der Waals surface area (Å²) in [6.45, 7) is 8.21. The van der Waals surface area contributed by atoms with E-state index in [-0.39, 0.29) is 29.7 Å². The van der Waals surface area contributed by atoms with Gasteiger partial charge in [-0.2, -0.15) is 0 Å². The van der Waals surface area contributed by atoms with Crippen LogP contribution in [0.3, 0.4) is 0 Å². The van der Waals surface area contributed by atoms with Crippen LogP contribution in [0.4, 0.5) is 0 Å². The first-order valence-electron chi connectivity index (χ1n) is 9.68. The molecule has 1 aliphatic carbocycles. The van der Waals surface area contributed by atoms with E-state index in [0.717, 1.165) is 26.4 Å². The minimum Gasteiger partial charge on any atom is -0.458 e. The Morgan fingerprint density at radius 2 is 2.07 bits per heavy atom. The van der Waals surface area contributed by atoms with Crippen molar-refractivity contribution in [3.8, 4) is 0 Å². The number of cyclic esters (lactones) is 1. The number of hydrogen-bond donors (Lipinski definition) is 0. The molecular formula is C19H31NO7. The molecule has 1 heterocycles. The van der Waals surface area contributed by atoms with Crippen LogP contribution in [0.2, 0.25) is 0 Å². The molecule has 0 unspecified atom stereocenters. The second kappa shape index (κ2) is 9.39. The molecule has 0 radical (unpaired) electrons. The van der Waals surface area contributed by atoms with Crippen molar-refractivity contribution in [1.29, 1.82) is 0 Å². The predicted molar refractivity (Wildman–Crippen MR) is 96.5 cm³/mol. The number of ether oxygens (including phenoxy) is 3. The fourth-order valence-corrected chi connectivity index (χ4v) is 3.99. The summed E-state index contributed by atoms with van der Waals surface area (Å²) in [5.41, 5.74) is -0.305. The molecule has 0 aromatic rings. The number of hydrogen-bond acceptors (Lipinski definition) is 7. The van der Waals surface area contributed by atoms with Crippen molar-refractivity contribution in [3.63, 3.8) is 0 Å². The maximum absolute atomic E-state index is 12.3. The van der Waals surface area contributed by atoms with Gasteiger partial charge in [-0.25, -0.2) is 4.79 Å². The smallest absolute Gasteiger partial charge is 0.405 e. The zero-order valence-electron chi connectivity index (χ0n) is 16.8. The zero-order valence-corrected chi connectivity index (χ0v) is 16.8. The van der Waals surface area contributed by atoms with Gasteiger partial charge in [0.1, 0.15) is 5.92 Å². The van der Waals surface area contributed by atoms with Crippen molar-refractivity contribution in [1.82, 2.24) is 0 Å². The molecule has 8 heteroatoms. The minimum atomic E-state index is -1.000. The number of carbonyl (C=O) groups is 2. The van der Waals surface area contributed by atoms with Crippen molar-refractivity contribution in [2.75, 3.05) is 13.7 Å². The lowest BCUT2D eigenvalue weighted by Gasteiger charge is -2.38. The van der Waals surface area contributed by atoms with Crippen LogP contribution in [0.15, 0.2) is 0 Å². The highest BCUT2D eigenvalue weighted by Crippen LogP contribution is 2.38. The second-order valence-electron chi connectivity index (χ2n) is 7.71. The summed E-state index contributed by atoms with van der Waals surface area (Å²) in [4.78, 5) is 29.0. The molecule has 0 spiro atoms. The van der Waals surface area contributed by atoms with Crippen LogP contribution in [-0.2, 0) is 28.6 Å². The lowest BCUT2D eigenvalue weighted by Crippen LogP contribution is -2.43. The summed E-state index contributed by atoms with van der Waals surface area (Å²) in [6.07, 6.45) is 1.79. The minimum absolute atomic E-state index is 0.0877. The van der Waals surface area contributed by atoms with E-state index >= 15 is 0 Å². The standard InChI is InChI=1S/C19H31NO7/c1-6-25-18(22)17(20(23)24-5)14-10-16(21)27-19(14)26-15-9-12(4)7-8-13(15)11(2)3/h11-15,19H,6-10H2,1-5H3/b20-17-/t12-,13+,14+,15-,19+/m0/s1. The van der Waals surface area contributed by atoms with Crippen molar-refractivity contribution in [2.24, 2.45) is 23.7 Å². The molecule has 1 saturated carbocycles. The van der Waals surface area contributed by atoms with E-state index in [2.05, 4.69) is 25.6 Å². The Kier molecular flexibility index (Phi) is 7.47. The normalized spacial score (nSPS) is 32.1. The van der Waals surface area contributed by atoms with Crippen LogP contribution in [0, 0.1) is 28.9 Å². The van der Waals surface area contributed by atoms with Crippen molar-refractivity contribution in [2.45, 2.75) is 65.8 Å². The number of carbonyl (C=O) groups excluding carboxylic acids is 2. The third-order valence-corrected chi connectivity index (χ3v) is 5.43. The first kappa shape index (κ1) is 21.5. The predicted octanol–water partition coefficient (Wildman–Crippen LogP) is 2.43. The SMILES string of the molecule is CCOC(=O)/C([C@H]1CC(=O)O[C@H]1O[C@H]1C[C@@H](C)CC[C@@H]1C(C)C)=[N+](/[O-])OC. The maximum atomic E-state index is 12.3. The van der Waals surface area contributed by atoms with Crippen molar-refractivity contribution in [3.05, 3.63) is 5.21 Å². The zero-order chi connectivity index (χ0) is 20.1. The molecule has 8 nitrogen and oxygen atoms in total. The van der Waals surface area contributed by atoms with Crippen molar-refractivity contribution >= 4 is 17.7 Å². The first-order chi connectivity index (χ1) is 12.8. The van der Waals surface area contributed by atoms with E-state index in [4.69, 9.17) is 14.2 Å². The Morgan fingerprint density at radius 3 is 2.67 bits per heavy atom. The molecule has 0 aromatic carbocycles. The summed E-state index contributed by atoms with van der Waals surface area (Å²) in [5.74, 6) is -0.951. The molecule has 0 N–H and O–H groups in total.